The predicted molar refractivity (Wildman–Crippen MR) is 282 cm³/mol. The first-order valence-corrected chi connectivity index (χ1v) is 25.4. The highest BCUT2D eigenvalue weighted by Gasteiger charge is 2.56. The van der Waals surface area contributed by atoms with Crippen LogP contribution in [0, 0.1) is 0 Å². The van der Waals surface area contributed by atoms with Crippen molar-refractivity contribution in [1.29, 1.82) is 0 Å². The molecule has 0 saturated carbocycles. The lowest BCUT2D eigenvalue weighted by Gasteiger charge is -2.37. The Hall–Kier alpha value is -8.32. The van der Waals surface area contributed by atoms with Crippen LogP contribution < -0.4 is 40.3 Å². The third kappa shape index (κ3) is 4.40. The van der Waals surface area contributed by atoms with E-state index in [0.29, 0.717) is 0 Å². The van der Waals surface area contributed by atoms with Gasteiger partial charge in [0.1, 0.15) is 6.20 Å². The molecule has 0 aliphatic carbocycles. The van der Waals surface area contributed by atoms with Gasteiger partial charge in [0.15, 0.2) is 13.8 Å². The monoisotopic (exact) mass is 866 g/mol. The summed E-state index contributed by atoms with van der Waals surface area (Å²) in [7, 11) is -3.33. The van der Waals surface area contributed by atoms with E-state index in [-0.39, 0.29) is 14.1 Å². The molecule has 0 bridgehead atoms. The molecule has 9 aromatic carbocycles. The van der Waals surface area contributed by atoms with Gasteiger partial charge in [-0.25, -0.2) is 4.48 Å². The Kier molecular flexibility index (Phi) is 6.94. The number of hydrogen-bond donors (Lipinski definition) is 0. The van der Waals surface area contributed by atoms with Gasteiger partial charge in [0, 0.05) is 49.9 Å². The van der Waals surface area contributed by atoms with Crippen molar-refractivity contribution in [2.24, 2.45) is 0 Å². The van der Waals surface area contributed by atoms with E-state index in [0.717, 1.165) is 0 Å². The number of nitrogens with zero attached hydrogens (tertiary/aromatic N) is 5. The quantitative estimate of drug-likeness (QED) is 0.130. The summed E-state index contributed by atoms with van der Waals surface area (Å²) in [6.07, 6.45) is 2.27. The number of pyridine rings is 1. The van der Waals surface area contributed by atoms with Gasteiger partial charge in [0.05, 0.1) is 33.7 Å². The van der Waals surface area contributed by atoms with Crippen LogP contribution in [0.4, 0.5) is 22.7 Å². The molecule has 0 saturated heterocycles. The van der Waals surface area contributed by atoms with Gasteiger partial charge < -0.3 is 9.29 Å². The average Bonchev–Trinajstić information content (AvgIpc) is 4.14. The summed E-state index contributed by atoms with van der Waals surface area (Å²) in [6.45, 7) is -0.0251. The van der Waals surface area contributed by atoms with Crippen molar-refractivity contribution >= 4 is 115 Å². The van der Waals surface area contributed by atoms with Crippen molar-refractivity contribution in [3.8, 4) is 22.4 Å². The second-order valence-corrected chi connectivity index (χ2v) is 22.4. The molecule has 0 fully saturated rings. The van der Waals surface area contributed by atoms with E-state index in [1.165, 1.54) is 115 Å². The smallest absolute Gasteiger partial charge is 0.359 e. The van der Waals surface area contributed by atoms with Gasteiger partial charge in [-0.15, -0.1) is 0 Å². The Labute approximate surface area is 388 Å². The molecule has 0 amide bonds. The third-order valence-corrected chi connectivity index (χ3v) is 20.3. The van der Waals surface area contributed by atoms with E-state index in [9.17, 15) is 0 Å². The van der Waals surface area contributed by atoms with E-state index < -0.39 is 8.07 Å². The van der Waals surface area contributed by atoms with E-state index in [2.05, 4.69) is 254 Å². The number of benzene rings is 9. The molecule has 12 aromatic rings. The fraction of sp³-hybridized carbons (Fsp3) is 0. The molecule has 0 spiro atoms. The first-order valence-electron chi connectivity index (χ1n) is 23.4. The normalized spacial score (nSPS) is 13.9. The molecule has 308 valence electrons. The van der Waals surface area contributed by atoms with Crippen LogP contribution in [-0.4, -0.2) is 31.1 Å². The highest BCUT2D eigenvalue weighted by Crippen LogP contribution is 2.50. The minimum Gasteiger partial charge on any atom is -0.359 e. The number of para-hydroxylation sites is 4. The van der Waals surface area contributed by atoms with E-state index in [4.69, 9.17) is 0 Å². The van der Waals surface area contributed by atoms with Crippen molar-refractivity contribution in [2.75, 3.05) is 9.62 Å². The van der Waals surface area contributed by atoms with E-state index in [1.807, 2.05) is 0 Å². The van der Waals surface area contributed by atoms with Crippen LogP contribution in [0.3, 0.4) is 0 Å². The Morgan fingerprint density at radius 3 is 1.55 bits per heavy atom. The van der Waals surface area contributed by atoms with Crippen LogP contribution in [0.5, 0.6) is 0 Å². The van der Waals surface area contributed by atoms with Gasteiger partial charge in [0.25, 0.3) is 0 Å². The molecule has 67 heavy (non-hydrogen) atoms. The van der Waals surface area contributed by atoms with Crippen LogP contribution >= 0.6 is 0 Å². The molecule has 0 N–H and O–H groups in total. The molecule has 0 unspecified atom stereocenters. The van der Waals surface area contributed by atoms with Crippen molar-refractivity contribution in [1.82, 2.24) is 8.96 Å². The lowest BCUT2D eigenvalue weighted by Crippen LogP contribution is -2.74. The highest BCUT2D eigenvalue weighted by atomic mass is 28.3. The summed E-state index contributed by atoms with van der Waals surface area (Å²) in [4.78, 5) is 5.28. The maximum atomic E-state index is 2.66. The third-order valence-electron chi connectivity index (χ3n) is 15.6. The number of aromatic nitrogens is 3. The topological polar surface area (TPSA) is 20.2 Å². The number of fused-ring (bicyclic) bond motifs is 22. The summed E-state index contributed by atoms with van der Waals surface area (Å²) in [5.41, 5.74) is 16.5. The molecule has 16 rings (SSSR count). The molecule has 4 aliphatic rings. The molecule has 0 radical (unpaired) electrons. The van der Waals surface area contributed by atoms with Crippen LogP contribution in [0.1, 0.15) is 0 Å². The fourth-order valence-corrected chi connectivity index (χ4v) is 17.9. The Morgan fingerprint density at radius 1 is 0.358 bits per heavy atom. The van der Waals surface area contributed by atoms with Crippen LogP contribution in [0.25, 0.3) is 66.0 Å². The fourth-order valence-electron chi connectivity index (χ4n) is 13.1. The Bertz CT molecular complexity index is 3840. The van der Waals surface area contributed by atoms with Gasteiger partial charge in [-0.05, 0) is 86.4 Å². The van der Waals surface area contributed by atoms with Crippen molar-refractivity contribution < 1.29 is 4.48 Å². The first-order chi connectivity index (χ1) is 33.3. The maximum absolute atomic E-state index is 3.22. The lowest BCUT2D eigenvalue weighted by atomic mass is 9.60. The van der Waals surface area contributed by atoms with Crippen molar-refractivity contribution in [2.45, 2.75) is 0 Å². The Balaban J connectivity index is 1.06. The second kappa shape index (κ2) is 12.9. The minimum absolute atomic E-state index is 0.0251. The van der Waals surface area contributed by atoms with Crippen molar-refractivity contribution in [3.05, 3.63) is 231 Å². The molecule has 8 heteroatoms. The average molecular weight is 867 g/mol. The molecule has 3 aromatic heterocycles. The maximum Gasteiger partial charge on any atom is 0.762 e. The van der Waals surface area contributed by atoms with Crippen LogP contribution in [0.15, 0.2) is 231 Å². The summed E-state index contributed by atoms with van der Waals surface area (Å²) in [6, 6.07) is 85.4. The Morgan fingerprint density at radius 2 is 0.866 bits per heavy atom. The molecule has 5 nitrogen and oxygen atoms in total. The van der Waals surface area contributed by atoms with Gasteiger partial charge in [0.2, 0.25) is 0 Å². The van der Waals surface area contributed by atoms with E-state index >= 15 is 0 Å². The molecular weight excluding hydrogens is 828 g/mol. The van der Waals surface area contributed by atoms with Gasteiger partial charge in [-0.3, -0.25) is 9.29 Å². The van der Waals surface area contributed by atoms with Gasteiger partial charge in [-0.2, -0.15) is 0 Å². The lowest BCUT2D eigenvalue weighted by molar-refractivity contribution is -0.529. The number of anilines is 4. The van der Waals surface area contributed by atoms with Crippen LogP contribution in [0.2, 0.25) is 0 Å². The standard InChI is InChI=1S/C59H38B2N5Si/c1-3-19-39(20-4-1)67(40-21-5-2-6-22-40,41-35-48-45-25-9-14-31-53(45)65-58(48)56(37-41)63-52-30-13-8-24-44(52)43-23-7-12-28-50(43)60(63)65)42-36-49-46-26-10-15-32-54(46)66-59(49)57(38-42)64-55-33-16-11-27-47(55)51-29-17-18-34-62(51)61(64)66/h1-38H/q+1. The zero-order chi connectivity index (χ0) is 43.5. The predicted octanol–water partition coefficient (Wildman–Crippen LogP) is 9.46. The minimum atomic E-state index is -3.22. The van der Waals surface area contributed by atoms with Crippen LogP contribution in [-0.2, 0) is 0 Å². The molecular formula is C59H38B2N5Si+. The number of hydrogen-bond acceptors (Lipinski definition) is 2. The molecule has 4 aliphatic heterocycles. The zero-order valence-corrected chi connectivity index (χ0v) is 37.3. The summed E-state index contributed by atoms with van der Waals surface area (Å²) in [5, 5.41) is 10.6. The summed E-state index contributed by atoms with van der Waals surface area (Å²) >= 11 is 0. The number of rotatable bonds is 4. The highest BCUT2D eigenvalue weighted by molar-refractivity contribution is 7.20. The molecule has 7 heterocycles. The summed E-state index contributed by atoms with van der Waals surface area (Å²) < 4.78 is 7.71. The van der Waals surface area contributed by atoms with Crippen molar-refractivity contribution in [3.63, 3.8) is 0 Å². The SMILES string of the molecule is c1ccc([Si](c2ccccc2)(c2cc3c4c(c2)c2ccccc2n4B2c4ccccc4-c4ccccc4N23)c2cc3c4c(c2)c2ccccc2n4B2N3c3ccccc3-c3cccc[n+]32)cc1. The largest absolute Gasteiger partial charge is 0.762 e. The van der Waals surface area contributed by atoms with E-state index in [1.54, 1.807) is 0 Å². The second-order valence-electron chi connectivity index (χ2n) is 18.6. The van der Waals surface area contributed by atoms with Gasteiger partial charge in [-0.1, -0.05) is 164 Å². The van der Waals surface area contributed by atoms with Gasteiger partial charge >= 0.3 is 14.1 Å². The summed E-state index contributed by atoms with van der Waals surface area (Å²) in [5.74, 6) is 0. The molecule has 0 atom stereocenters. The first kappa shape index (κ1) is 36.0. The zero-order valence-electron chi connectivity index (χ0n) is 36.3.